The van der Waals surface area contributed by atoms with Gasteiger partial charge >= 0.3 is 12.1 Å². The highest BCUT2D eigenvalue weighted by Crippen LogP contribution is 2.33. The Balaban J connectivity index is 1.68. The number of carbonyl (C=O) groups excluding carboxylic acids is 4. The van der Waals surface area contributed by atoms with E-state index in [1.165, 1.54) is 11.8 Å². The molecular weight excluding hydrogens is 554 g/mol. The Hall–Kier alpha value is -4.41. The molecule has 2 amide bonds. The molecule has 0 radical (unpaired) electrons. The molecule has 0 saturated heterocycles. The van der Waals surface area contributed by atoms with Crippen LogP contribution in [0.3, 0.4) is 0 Å². The molecule has 2 aromatic rings. The Labute approximate surface area is 252 Å². The first-order valence-electron chi connectivity index (χ1n) is 14.2. The molecular formula is C32H41N3O8. The summed E-state index contributed by atoms with van der Waals surface area (Å²) < 4.78 is 16.7. The summed E-state index contributed by atoms with van der Waals surface area (Å²) >= 11 is 0. The second-order valence-corrected chi connectivity index (χ2v) is 11.7. The van der Waals surface area contributed by atoms with Crippen LogP contribution < -0.4 is 10.1 Å². The number of amides is 2. The van der Waals surface area contributed by atoms with E-state index in [1.807, 2.05) is 43.3 Å². The van der Waals surface area contributed by atoms with E-state index < -0.39 is 35.2 Å². The SMILES string of the molecule is CC(=O)C(CC(=O)OC(C)(C)C)N(C=O)C1(COc2ccccc2)CC(CC(C)CNC(=O)OCc2ccccc2)=NO1. The highest BCUT2D eigenvalue weighted by molar-refractivity contribution is 5.90. The number of oxime groups is 1. The zero-order chi connectivity index (χ0) is 31.5. The molecule has 3 atom stereocenters. The number of hydrogen-bond donors (Lipinski definition) is 1. The molecule has 11 heteroatoms. The lowest BCUT2D eigenvalue weighted by Gasteiger charge is -2.39. The zero-order valence-corrected chi connectivity index (χ0v) is 25.4. The van der Waals surface area contributed by atoms with Crippen LogP contribution in [0.1, 0.15) is 59.4 Å². The molecule has 0 spiro atoms. The number of hydrogen-bond acceptors (Lipinski definition) is 9. The van der Waals surface area contributed by atoms with Gasteiger partial charge in [-0.1, -0.05) is 60.6 Å². The van der Waals surface area contributed by atoms with Gasteiger partial charge in [-0.05, 0) is 57.7 Å². The van der Waals surface area contributed by atoms with Gasteiger partial charge in [0.1, 0.15) is 24.0 Å². The molecule has 0 bridgehead atoms. The van der Waals surface area contributed by atoms with Crippen LogP contribution in [0, 0.1) is 5.92 Å². The summed E-state index contributed by atoms with van der Waals surface area (Å²) in [4.78, 5) is 57.3. The summed E-state index contributed by atoms with van der Waals surface area (Å²) in [6.45, 7) is 8.72. The van der Waals surface area contributed by atoms with Gasteiger partial charge in [0.05, 0.1) is 18.6 Å². The summed E-state index contributed by atoms with van der Waals surface area (Å²) in [5, 5.41) is 7.02. The third kappa shape index (κ3) is 10.4. The molecule has 3 unspecified atom stereocenters. The van der Waals surface area contributed by atoms with E-state index in [-0.39, 0.29) is 32.0 Å². The van der Waals surface area contributed by atoms with Crippen LogP contribution >= 0.6 is 0 Å². The molecule has 232 valence electrons. The van der Waals surface area contributed by atoms with E-state index in [0.29, 0.717) is 30.8 Å². The van der Waals surface area contributed by atoms with E-state index in [0.717, 1.165) is 5.56 Å². The summed E-state index contributed by atoms with van der Waals surface area (Å²) in [5.41, 5.74) is -0.772. The Morgan fingerprint density at radius 3 is 2.35 bits per heavy atom. The van der Waals surface area contributed by atoms with Crippen molar-refractivity contribution in [2.45, 2.75) is 77.9 Å². The quantitative estimate of drug-likeness (QED) is 0.233. The normalized spacial score (nSPS) is 17.5. The molecule has 0 fully saturated rings. The van der Waals surface area contributed by atoms with Crippen LogP contribution in [-0.2, 0) is 35.3 Å². The van der Waals surface area contributed by atoms with Crippen molar-refractivity contribution in [2.75, 3.05) is 13.2 Å². The number of benzene rings is 2. The van der Waals surface area contributed by atoms with Gasteiger partial charge in [0.25, 0.3) is 5.72 Å². The highest BCUT2D eigenvalue weighted by atomic mass is 16.7. The third-order valence-electron chi connectivity index (χ3n) is 6.59. The number of nitrogens with zero attached hydrogens (tertiary/aromatic N) is 2. The van der Waals surface area contributed by atoms with Gasteiger partial charge < -0.3 is 24.4 Å². The molecule has 1 N–H and O–H groups in total. The van der Waals surface area contributed by atoms with Crippen molar-refractivity contribution >= 4 is 30.0 Å². The molecule has 1 heterocycles. The largest absolute Gasteiger partial charge is 0.487 e. The predicted octanol–water partition coefficient (Wildman–Crippen LogP) is 4.64. The number of Topliss-reactive ketones (excluding diaryl/α,β-unsaturated/α-hetero) is 1. The monoisotopic (exact) mass is 595 g/mol. The maximum absolute atomic E-state index is 12.8. The van der Waals surface area contributed by atoms with Crippen molar-refractivity contribution in [3.8, 4) is 5.75 Å². The molecule has 0 aliphatic carbocycles. The first kappa shape index (κ1) is 33.1. The van der Waals surface area contributed by atoms with Crippen molar-refractivity contribution < 1.29 is 38.2 Å². The van der Waals surface area contributed by atoms with E-state index >= 15 is 0 Å². The molecule has 2 aromatic carbocycles. The number of alkyl carbamates (subject to hydrolysis) is 1. The van der Waals surface area contributed by atoms with Crippen LogP contribution in [0.15, 0.2) is 65.8 Å². The maximum atomic E-state index is 12.8. The van der Waals surface area contributed by atoms with Crippen molar-refractivity contribution in [2.24, 2.45) is 11.1 Å². The Morgan fingerprint density at radius 1 is 1.09 bits per heavy atom. The van der Waals surface area contributed by atoms with E-state index in [2.05, 4.69) is 10.5 Å². The van der Waals surface area contributed by atoms with Gasteiger partial charge in [-0.25, -0.2) is 4.79 Å². The zero-order valence-electron chi connectivity index (χ0n) is 25.4. The molecule has 43 heavy (non-hydrogen) atoms. The van der Waals surface area contributed by atoms with Crippen LogP contribution in [0.4, 0.5) is 4.79 Å². The fraction of sp³-hybridized carbons (Fsp3) is 0.469. The fourth-order valence-electron chi connectivity index (χ4n) is 4.58. The number of esters is 1. The lowest BCUT2D eigenvalue weighted by atomic mass is 9.95. The van der Waals surface area contributed by atoms with Crippen LogP contribution in [0.2, 0.25) is 0 Å². The van der Waals surface area contributed by atoms with Crippen molar-refractivity contribution in [1.82, 2.24) is 10.2 Å². The summed E-state index contributed by atoms with van der Waals surface area (Å²) in [6.07, 6.45) is 0.138. The minimum absolute atomic E-state index is 0.0625. The van der Waals surface area contributed by atoms with Gasteiger partial charge in [-0.15, -0.1) is 0 Å². The van der Waals surface area contributed by atoms with Gasteiger partial charge in [0.2, 0.25) is 6.41 Å². The summed E-state index contributed by atoms with van der Waals surface area (Å²) in [5.74, 6) is -0.576. The van der Waals surface area contributed by atoms with Gasteiger partial charge in [-0.3, -0.25) is 19.3 Å². The van der Waals surface area contributed by atoms with E-state index in [1.54, 1.807) is 45.0 Å². The number of ketones is 1. The predicted molar refractivity (Wildman–Crippen MR) is 159 cm³/mol. The van der Waals surface area contributed by atoms with Crippen molar-refractivity contribution in [1.29, 1.82) is 0 Å². The topological polar surface area (TPSA) is 133 Å². The van der Waals surface area contributed by atoms with Crippen LogP contribution in [-0.4, -0.2) is 65.4 Å². The Morgan fingerprint density at radius 2 is 1.74 bits per heavy atom. The first-order valence-corrected chi connectivity index (χ1v) is 14.2. The van der Waals surface area contributed by atoms with Gasteiger partial charge in [0, 0.05) is 6.54 Å². The molecule has 1 aliphatic heterocycles. The number of ether oxygens (including phenoxy) is 3. The number of nitrogens with one attached hydrogen (secondary N) is 1. The van der Waals surface area contributed by atoms with Crippen molar-refractivity contribution in [3.63, 3.8) is 0 Å². The van der Waals surface area contributed by atoms with Gasteiger partial charge in [0.15, 0.2) is 12.4 Å². The minimum Gasteiger partial charge on any atom is -0.487 e. The molecule has 3 rings (SSSR count). The molecule has 1 aliphatic rings. The Kier molecular flexibility index (Phi) is 11.7. The number of para-hydroxylation sites is 1. The van der Waals surface area contributed by atoms with Gasteiger partial charge in [-0.2, -0.15) is 0 Å². The fourth-order valence-corrected chi connectivity index (χ4v) is 4.58. The average Bonchev–Trinajstić information content (AvgIpc) is 3.37. The third-order valence-corrected chi connectivity index (χ3v) is 6.59. The lowest BCUT2D eigenvalue weighted by molar-refractivity contribution is -0.184. The van der Waals surface area contributed by atoms with E-state index in [4.69, 9.17) is 19.0 Å². The summed E-state index contributed by atoms with van der Waals surface area (Å²) in [7, 11) is 0. The standard InChI is InChI=1S/C32H41N3O8/c1-23(19-33-30(39)40-20-25-12-8-6-9-13-25)16-26-18-32(43-34-26,21-41-27-14-10-7-11-15-27)35(22-36)28(24(2)37)17-29(38)42-31(3,4)5/h6-15,22-23,28H,16-21H2,1-5H3,(H,33,39). The smallest absolute Gasteiger partial charge is 0.407 e. The Bertz CT molecular complexity index is 1260. The lowest BCUT2D eigenvalue weighted by Crippen LogP contribution is -2.59. The van der Waals surface area contributed by atoms with E-state index in [9.17, 15) is 19.2 Å². The second kappa shape index (κ2) is 15.2. The molecule has 0 aromatic heterocycles. The highest BCUT2D eigenvalue weighted by Gasteiger charge is 2.50. The second-order valence-electron chi connectivity index (χ2n) is 11.7. The number of carbonyl (C=O) groups is 4. The maximum Gasteiger partial charge on any atom is 0.407 e. The summed E-state index contributed by atoms with van der Waals surface area (Å²) in [6, 6.07) is 17.2. The molecule has 0 saturated carbocycles. The molecule has 11 nitrogen and oxygen atoms in total. The minimum atomic E-state index is -1.49. The number of rotatable bonds is 15. The first-order chi connectivity index (χ1) is 20.4. The van der Waals surface area contributed by atoms with Crippen molar-refractivity contribution in [3.05, 3.63) is 66.2 Å². The van der Waals surface area contributed by atoms with Crippen LogP contribution in [0.25, 0.3) is 0 Å². The van der Waals surface area contributed by atoms with Crippen LogP contribution in [0.5, 0.6) is 5.75 Å². The average molecular weight is 596 g/mol.